The van der Waals surface area contributed by atoms with E-state index in [2.05, 4.69) is 261 Å². The average molecular weight is 1350 g/mol. The van der Waals surface area contributed by atoms with Gasteiger partial charge >= 0.3 is 0 Å². The third-order valence-corrected chi connectivity index (χ3v) is 22.9. The zero-order valence-electron chi connectivity index (χ0n) is 55.2. The van der Waals surface area contributed by atoms with Crippen LogP contribution in [-0.4, -0.2) is 24.9 Å². The van der Waals surface area contributed by atoms with Crippen LogP contribution in [0.15, 0.2) is 338 Å². The topological polar surface area (TPSA) is 77.6 Å². The maximum atomic E-state index is 6.56. The minimum Gasteiger partial charge on any atom is -0.455 e. The summed E-state index contributed by atoms with van der Waals surface area (Å²) in [6.07, 6.45) is 0. The van der Waals surface area contributed by atoms with Gasteiger partial charge < -0.3 is 4.42 Å². The molecule has 478 valence electrons. The van der Waals surface area contributed by atoms with E-state index in [1.54, 1.807) is 0 Å². The molecule has 0 amide bonds. The van der Waals surface area contributed by atoms with Crippen LogP contribution in [0.3, 0.4) is 0 Å². The predicted octanol–water partition coefficient (Wildman–Crippen LogP) is 26.7. The fourth-order valence-electron chi connectivity index (χ4n) is 15.7. The molecule has 0 aliphatic rings. The first kappa shape index (κ1) is 58.8. The maximum absolute atomic E-state index is 6.56. The first-order valence-corrected chi connectivity index (χ1v) is 36.3. The molecule has 0 spiro atoms. The van der Waals surface area contributed by atoms with Gasteiger partial charge in [-0.15, -0.1) is 22.7 Å². The number of benzene rings is 17. The number of aromatic nitrogens is 5. The minimum atomic E-state index is 0.636. The normalized spacial score (nSPS) is 11.9. The molecule has 5 heterocycles. The lowest BCUT2D eigenvalue weighted by Gasteiger charge is -2.13. The highest BCUT2D eigenvalue weighted by Crippen LogP contribution is 2.46. The van der Waals surface area contributed by atoms with E-state index in [0.29, 0.717) is 17.5 Å². The summed E-state index contributed by atoms with van der Waals surface area (Å²) in [7, 11) is 0. The van der Waals surface area contributed by atoms with Crippen LogP contribution in [0.4, 0.5) is 0 Å². The van der Waals surface area contributed by atoms with E-state index in [1.165, 1.54) is 99.6 Å². The van der Waals surface area contributed by atoms with Crippen molar-refractivity contribution in [2.24, 2.45) is 0 Å². The van der Waals surface area contributed by atoms with Gasteiger partial charge in [0.1, 0.15) is 11.2 Å². The number of furan rings is 1. The Morgan fingerprint density at radius 3 is 1.50 bits per heavy atom. The Hall–Kier alpha value is -13.1. The number of para-hydroxylation sites is 2. The molecule has 0 saturated heterocycles. The largest absolute Gasteiger partial charge is 0.455 e. The summed E-state index contributed by atoms with van der Waals surface area (Å²) in [6.45, 7) is 0. The van der Waals surface area contributed by atoms with Crippen molar-refractivity contribution in [3.63, 3.8) is 0 Å². The van der Waals surface area contributed by atoms with Gasteiger partial charge in [-0.2, -0.15) is 0 Å². The van der Waals surface area contributed by atoms with Gasteiger partial charge in [-0.05, 0) is 131 Å². The van der Waals surface area contributed by atoms with Crippen LogP contribution in [0.5, 0.6) is 0 Å². The number of thiophene rings is 2. The van der Waals surface area contributed by atoms with Gasteiger partial charge in [0, 0.05) is 95.1 Å². The zero-order chi connectivity index (χ0) is 67.6. The maximum Gasteiger partial charge on any atom is 0.164 e. The molecule has 0 bridgehead atoms. The summed E-state index contributed by atoms with van der Waals surface area (Å²) in [5, 5.41) is 23.3. The van der Waals surface area contributed by atoms with Gasteiger partial charge in [0.25, 0.3) is 0 Å². The highest BCUT2D eigenvalue weighted by atomic mass is 32.1. The van der Waals surface area contributed by atoms with E-state index >= 15 is 0 Å². The van der Waals surface area contributed by atoms with Crippen LogP contribution in [0.1, 0.15) is 0 Å². The lowest BCUT2D eigenvalue weighted by atomic mass is 9.92. The Bertz CT molecular complexity index is 7200. The highest BCUT2D eigenvalue weighted by Gasteiger charge is 2.22. The van der Waals surface area contributed by atoms with Gasteiger partial charge in [0.2, 0.25) is 0 Å². The average Bonchev–Trinajstić information content (AvgIpc) is 1.71. The molecule has 6 nitrogen and oxygen atoms in total. The molecule has 0 aliphatic carbocycles. The number of fused-ring (bicyclic) bond motifs is 22. The monoisotopic (exact) mass is 1350 g/mol. The molecule has 0 fully saturated rings. The van der Waals surface area contributed by atoms with Gasteiger partial charge in [0.15, 0.2) is 23.3 Å². The van der Waals surface area contributed by atoms with E-state index in [0.717, 1.165) is 99.8 Å². The van der Waals surface area contributed by atoms with Crippen LogP contribution in [0, 0.1) is 0 Å². The third-order valence-electron chi connectivity index (χ3n) is 20.6. The number of nitrogens with zero attached hydrogens (tertiary/aromatic N) is 5. The molecule has 0 radical (unpaired) electrons. The Morgan fingerprint density at radius 2 is 0.718 bits per heavy atom. The van der Waals surface area contributed by atoms with Crippen molar-refractivity contribution in [1.29, 1.82) is 0 Å². The van der Waals surface area contributed by atoms with Gasteiger partial charge in [-0.1, -0.05) is 279 Å². The summed E-state index contributed by atoms with van der Waals surface area (Å²) in [5.41, 5.74) is 13.2. The first-order valence-electron chi connectivity index (χ1n) is 34.7. The van der Waals surface area contributed by atoms with Gasteiger partial charge in [0.05, 0.1) is 11.2 Å². The van der Waals surface area contributed by atoms with Crippen LogP contribution in [0.2, 0.25) is 0 Å². The number of rotatable bonds is 7. The molecule has 22 rings (SSSR count). The Labute approximate surface area is 598 Å². The number of hydrogen-bond donors (Lipinski definition) is 0. The zero-order valence-corrected chi connectivity index (χ0v) is 56.8. The third kappa shape index (κ3) is 9.78. The molecular weight excluding hydrogens is 1290 g/mol. The van der Waals surface area contributed by atoms with Crippen LogP contribution in [-0.2, 0) is 0 Å². The van der Waals surface area contributed by atoms with Crippen molar-refractivity contribution in [2.75, 3.05) is 0 Å². The Kier molecular flexibility index (Phi) is 13.6. The lowest BCUT2D eigenvalue weighted by Crippen LogP contribution is -2.01. The molecule has 22 aromatic rings. The second-order valence-corrected chi connectivity index (χ2v) is 28.6. The smallest absolute Gasteiger partial charge is 0.164 e. The minimum absolute atomic E-state index is 0.636. The molecule has 8 heteroatoms. The molecule has 0 saturated carbocycles. The molecule has 0 N–H and O–H groups in total. The molecule has 17 aromatic carbocycles. The highest BCUT2D eigenvalue weighted by molar-refractivity contribution is 7.26. The van der Waals surface area contributed by atoms with Gasteiger partial charge in [-0.3, -0.25) is 0 Å². The standard InChI is InChI=1S/C51H31N3O.C44H24N2S2/c1-3-12-34(13-4-1)49-52-50(35-14-5-2-6-15-35)54-51(53-49)44-20-8-7-18-40(44)38-17-11-16-36(30-38)37-27-28-41-39(31-37)25-24-32-22-23-33-26-29-43-42-19-9-10-21-45(42)55-48(43)47(33)46(32)41;1-4-13-36-33(9-1)42(35-12-7-11-32-29-8-2-5-14-37(29)48-43(32)35)46-44(45-36)27-19-20-28-26(24-27)17-16-25-18-21-31-30(40(25)28)22-23-39-41(31)34-10-3-6-15-38(34)47-39/h1-31H;1-24H. The van der Waals surface area contributed by atoms with Crippen molar-refractivity contribution in [3.8, 4) is 79.1 Å². The van der Waals surface area contributed by atoms with Crippen LogP contribution in [0.25, 0.3) is 217 Å². The SMILES string of the molecule is c1ccc(-c2nc(-c3ccccc3)nc(-c3ccccc3-c3cccc(-c4ccc5c(ccc6ccc7ccc8c9ccccc9oc8c7c65)c4)c3)n2)cc1.c1ccc2c(-c3cccc4c3sc3ccccc34)nc(-c3ccc4c(ccc5ccc6c(ccc7sc8ccccc8c76)c54)c3)nc2c1. The molecule has 103 heavy (non-hydrogen) atoms. The molecule has 0 unspecified atom stereocenters. The molecule has 0 atom stereocenters. The van der Waals surface area contributed by atoms with Crippen LogP contribution >= 0.6 is 22.7 Å². The summed E-state index contributed by atoms with van der Waals surface area (Å²) in [5.74, 6) is 2.67. The number of hydrogen-bond acceptors (Lipinski definition) is 8. The molecular formula is C95H55N5OS2. The Morgan fingerprint density at radius 1 is 0.223 bits per heavy atom. The van der Waals surface area contributed by atoms with E-state index in [9.17, 15) is 0 Å². The predicted molar refractivity (Wildman–Crippen MR) is 436 cm³/mol. The fourth-order valence-corrected chi connectivity index (χ4v) is 18.1. The lowest BCUT2D eigenvalue weighted by molar-refractivity contribution is 0.673. The van der Waals surface area contributed by atoms with Crippen molar-refractivity contribution in [3.05, 3.63) is 334 Å². The Balaban J connectivity index is 0.000000135. The quantitative estimate of drug-likeness (QED) is 0.148. The summed E-state index contributed by atoms with van der Waals surface area (Å²) in [6, 6.07) is 119. The van der Waals surface area contributed by atoms with Gasteiger partial charge in [-0.25, -0.2) is 24.9 Å². The summed E-state index contributed by atoms with van der Waals surface area (Å²) >= 11 is 3.71. The van der Waals surface area contributed by atoms with Crippen LogP contribution < -0.4 is 0 Å². The van der Waals surface area contributed by atoms with E-state index in [-0.39, 0.29) is 0 Å². The van der Waals surface area contributed by atoms with E-state index in [4.69, 9.17) is 29.3 Å². The van der Waals surface area contributed by atoms with E-state index in [1.807, 2.05) is 95.5 Å². The van der Waals surface area contributed by atoms with E-state index < -0.39 is 0 Å². The fraction of sp³-hybridized carbons (Fsp3) is 0. The molecule has 0 aliphatic heterocycles. The summed E-state index contributed by atoms with van der Waals surface area (Å²) < 4.78 is 11.8. The second-order valence-electron chi connectivity index (χ2n) is 26.5. The second kappa shape index (κ2) is 23.8. The first-order chi connectivity index (χ1) is 51.0. The summed E-state index contributed by atoms with van der Waals surface area (Å²) in [4.78, 5) is 25.5. The van der Waals surface area contributed by atoms with Crippen molar-refractivity contribution in [1.82, 2.24) is 24.9 Å². The van der Waals surface area contributed by atoms with Crippen molar-refractivity contribution < 1.29 is 4.42 Å². The van der Waals surface area contributed by atoms with Crippen molar-refractivity contribution >= 4 is 160 Å². The molecule has 5 aromatic heterocycles. The van der Waals surface area contributed by atoms with Crippen molar-refractivity contribution in [2.45, 2.75) is 0 Å².